The van der Waals surface area contributed by atoms with E-state index in [1.165, 1.54) is 25.9 Å². The highest BCUT2D eigenvalue weighted by molar-refractivity contribution is 5.00. The molecular formula is C10H15N3O. The second kappa shape index (κ2) is 3.05. The van der Waals surface area contributed by atoms with Crippen LogP contribution < -0.4 is 0 Å². The van der Waals surface area contributed by atoms with Crippen LogP contribution in [0.25, 0.3) is 0 Å². The Morgan fingerprint density at radius 3 is 3.07 bits per heavy atom. The Morgan fingerprint density at radius 1 is 1.43 bits per heavy atom. The highest BCUT2D eigenvalue weighted by Crippen LogP contribution is 2.35. The SMILES string of the molecule is Cc1noc(C2CC3CCN(C3)C2)n1. The monoisotopic (exact) mass is 193 g/mol. The van der Waals surface area contributed by atoms with Gasteiger partial charge in [0.05, 0.1) is 5.92 Å². The third-order valence-corrected chi connectivity index (χ3v) is 3.36. The van der Waals surface area contributed by atoms with E-state index in [9.17, 15) is 0 Å². The van der Waals surface area contributed by atoms with E-state index in [-0.39, 0.29) is 0 Å². The van der Waals surface area contributed by atoms with Crippen molar-refractivity contribution in [3.05, 3.63) is 11.7 Å². The summed E-state index contributed by atoms with van der Waals surface area (Å²) in [6, 6.07) is 0. The summed E-state index contributed by atoms with van der Waals surface area (Å²) in [6.07, 6.45) is 2.59. The first-order chi connectivity index (χ1) is 6.81. The average molecular weight is 193 g/mol. The fourth-order valence-electron chi connectivity index (χ4n) is 2.72. The number of nitrogens with zero attached hydrogens (tertiary/aromatic N) is 3. The van der Waals surface area contributed by atoms with E-state index >= 15 is 0 Å². The van der Waals surface area contributed by atoms with Crippen LogP contribution in [0.1, 0.15) is 30.5 Å². The van der Waals surface area contributed by atoms with Crippen LogP contribution in [-0.2, 0) is 0 Å². The van der Waals surface area contributed by atoms with Crippen molar-refractivity contribution in [2.24, 2.45) is 5.92 Å². The molecule has 2 aliphatic rings. The molecule has 4 nitrogen and oxygen atoms in total. The molecule has 2 saturated heterocycles. The molecule has 0 saturated carbocycles. The van der Waals surface area contributed by atoms with Gasteiger partial charge < -0.3 is 9.42 Å². The van der Waals surface area contributed by atoms with Crippen molar-refractivity contribution in [2.45, 2.75) is 25.7 Å². The summed E-state index contributed by atoms with van der Waals surface area (Å²) in [4.78, 5) is 6.84. The summed E-state index contributed by atoms with van der Waals surface area (Å²) in [5.41, 5.74) is 0. The Morgan fingerprint density at radius 2 is 2.36 bits per heavy atom. The topological polar surface area (TPSA) is 42.2 Å². The zero-order valence-electron chi connectivity index (χ0n) is 8.44. The molecule has 2 bridgehead atoms. The lowest BCUT2D eigenvalue weighted by molar-refractivity contribution is 0.213. The van der Waals surface area contributed by atoms with Gasteiger partial charge in [-0.1, -0.05) is 5.16 Å². The minimum absolute atomic E-state index is 0.484. The van der Waals surface area contributed by atoms with E-state index < -0.39 is 0 Å². The molecule has 0 aliphatic carbocycles. The molecule has 2 aliphatic heterocycles. The molecule has 0 N–H and O–H groups in total. The quantitative estimate of drug-likeness (QED) is 0.671. The van der Waals surface area contributed by atoms with Crippen molar-refractivity contribution in [3.63, 3.8) is 0 Å². The average Bonchev–Trinajstić information content (AvgIpc) is 2.73. The Labute approximate surface area is 83.3 Å². The molecule has 3 atom stereocenters. The lowest BCUT2D eigenvalue weighted by Gasteiger charge is -2.27. The van der Waals surface area contributed by atoms with E-state index in [0.29, 0.717) is 5.92 Å². The highest BCUT2D eigenvalue weighted by atomic mass is 16.5. The molecular weight excluding hydrogens is 178 g/mol. The number of aromatic nitrogens is 2. The van der Waals surface area contributed by atoms with Crippen LogP contribution >= 0.6 is 0 Å². The first-order valence-electron chi connectivity index (χ1n) is 5.34. The van der Waals surface area contributed by atoms with Crippen molar-refractivity contribution in [2.75, 3.05) is 19.6 Å². The fourth-order valence-corrected chi connectivity index (χ4v) is 2.72. The summed E-state index contributed by atoms with van der Waals surface area (Å²) in [5.74, 6) is 2.95. The van der Waals surface area contributed by atoms with Gasteiger partial charge in [0, 0.05) is 13.1 Å². The molecule has 3 heterocycles. The van der Waals surface area contributed by atoms with Crippen LogP contribution in [0.3, 0.4) is 0 Å². The van der Waals surface area contributed by atoms with Gasteiger partial charge in [-0.25, -0.2) is 0 Å². The lowest BCUT2D eigenvalue weighted by atomic mass is 9.91. The third kappa shape index (κ3) is 1.34. The van der Waals surface area contributed by atoms with Crippen LogP contribution in [-0.4, -0.2) is 34.7 Å². The fraction of sp³-hybridized carbons (Fsp3) is 0.800. The van der Waals surface area contributed by atoms with Crippen LogP contribution in [0, 0.1) is 12.8 Å². The standard InChI is InChI=1S/C10H15N3O/c1-7-11-10(14-12-7)9-4-8-2-3-13(5-8)6-9/h8-9H,2-6H2,1H3. The third-order valence-electron chi connectivity index (χ3n) is 3.36. The molecule has 1 aromatic heterocycles. The first kappa shape index (κ1) is 8.41. The molecule has 3 unspecified atom stereocenters. The van der Waals surface area contributed by atoms with E-state index in [1.54, 1.807) is 0 Å². The van der Waals surface area contributed by atoms with Gasteiger partial charge in [0.1, 0.15) is 0 Å². The van der Waals surface area contributed by atoms with Crippen LogP contribution in [0.4, 0.5) is 0 Å². The molecule has 0 spiro atoms. The van der Waals surface area contributed by atoms with Gasteiger partial charge in [0.25, 0.3) is 0 Å². The van der Waals surface area contributed by atoms with E-state index in [1.807, 2.05) is 6.92 Å². The molecule has 3 rings (SSSR count). The molecule has 2 fully saturated rings. The Balaban J connectivity index is 1.80. The summed E-state index contributed by atoms with van der Waals surface area (Å²) in [6.45, 7) is 5.53. The predicted octanol–water partition coefficient (Wildman–Crippen LogP) is 1.19. The van der Waals surface area contributed by atoms with Gasteiger partial charge >= 0.3 is 0 Å². The highest BCUT2D eigenvalue weighted by Gasteiger charge is 2.35. The number of aryl methyl sites for hydroxylation is 1. The number of hydrogen-bond acceptors (Lipinski definition) is 4. The zero-order chi connectivity index (χ0) is 9.54. The lowest BCUT2D eigenvalue weighted by Crippen LogP contribution is -2.32. The number of hydrogen-bond donors (Lipinski definition) is 0. The summed E-state index contributed by atoms with van der Waals surface area (Å²) in [7, 11) is 0. The minimum Gasteiger partial charge on any atom is -0.339 e. The second-order valence-electron chi connectivity index (χ2n) is 4.53. The molecule has 0 aromatic carbocycles. The molecule has 14 heavy (non-hydrogen) atoms. The summed E-state index contributed by atoms with van der Waals surface area (Å²) in [5, 5.41) is 3.86. The first-order valence-corrected chi connectivity index (χ1v) is 5.34. The van der Waals surface area contributed by atoms with Gasteiger partial charge in [0.2, 0.25) is 5.89 Å². The maximum Gasteiger partial charge on any atom is 0.231 e. The van der Waals surface area contributed by atoms with Gasteiger partial charge in [-0.2, -0.15) is 4.98 Å². The van der Waals surface area contributed by atoms with Crippen LogP contribution in [0.5, 0.6) is 0 Å². The van der Waals surface area contributed by atoms with Crippen molar-refractivity contribution in [1.82, 2.24) is 15.0 Å². The van der Waals surface area contributed by atoms with Crippen LogP contribution in [0.15, 0.2) is 4.52 Å². The van der Waals surface area contributed by atoms with Crippen molar-refractivity contribution in [3.8, 4) is 0 Å². The molecule has 1 aromatic rings. The molecule has 76 valence electrons. The molecule has 0 radical (unpaired) electrons. The largest absolute Gasteiger partial charge is 0.339 e. The van der Waals surface area contributed by atoms with Crippen molar-refractivity contribution in [1.29, 1.82) is 0 Å². The maximum atomic E-state index is 5.24. The Kier molecular flexibility index (Phi) is 1.83. The van der Waals surface area contributed by atoms with E-state index in [0.717, 1.165) is 24.2 Å². The van der Waals surface area contributed by atoms with E-state index in [4.69, 9.17) is 4.52 Å². The number of fused-ring (bicyclic) bond motifs is 2. The minimum atomic E-state index is 0.484. The van der Waals surface area contributed by atoms with Gasteiger partial charge in [-0.3, -0.25) is 0 Å². The summed E-state index contributed by atoms with van der Waals surface area (Å²) < 4.78 is 5.24. The predicted molar refractivity (Wildman–Crippen MR) is 50.9 cm³/mol. The van der Waals surface area contributed by atoms with Gasteiger partial charge in [-0.15, -0.1) is 0 Å². The zero-order valence-corrected chi connectivity index (χ0v) is 8.44. The van der Waals surface area contributed by atoms with Gasteiger partial charge in [-0.05, 0) is 32.2 Å². The van der Waals surface area contributed by atoms with E-state index in [2.05, 4.69) is 15.0 Å². The molecule has 4 heteroatoms. The Hall–Kier alpha value is -0.900. The smallest absolute Gasteiger partial charge is 0.231 e. The van der Waals surface area contributed by atoms with Crippen molar-refractivity contribution >= 4 is 0 Å². The number of rotatable bonds is 1. The molecule has 0 amide bonds. The Bertz CT molecular complexity index is 324. The number of piperidine rings is 1. The normalized spacial score (nSPS) is 36.2. The maximum absolute atomic E-state index is 5.24. The second-order valence-corrected chi connectivity index (χ2v) is 4.53. The summed E-state index contributed by atoms with van der Waals surface area (Å²) >= 11 is 0. The van der Waals surface area contributed by atoms with Crippen LogP contribution in [0.2, 0.25) is 0 Å². The van der Waals surface area contributed by atoms with Gasteiger partial charge in [0.15, 0.2) is 5.82 Å². The van der Waals surface area contributed by atoms with Crippen molar-refractivity contribution < 1.29 is 4.52 Å².